The van der Waals surface area contributed by atoms with Gasteiger partial charge in [0.05, 0.1) is 6.54 Å². The molecule has 0 spiro atoms. The molecule has 1 fully saturated rings. The first-order chi connectivity index (χ1) is 10.3. The van der Waals surface area contributed by atoms with E-state index < -0.39 is 0 Å². The van der Waals surface area contributed by atoms with E-state index in [1.807, 2.05) is 30.3 Å². The van der Waals surface area contributed by atoms with Crippen molar-refractivity contribution in [2.45, 2.75) is 31.7 Å². The standard InChI is InChI=1S/C17H21NO3/c19-10-4-9-18(14-6-3-7-14)12-15(20)17-11-13-5-1-2-8-16(13)21-17/h1-2,5,8,11,14,19H,3-4,6-7,9-10,12H2. The molecule has 1 aliphatic rings. The third-order valence-corrected chi connectivity index (χ3v) is 4.24. The molecule has 112 valence electrons. The Morgan fingerprint density at radius 1 is 1.33 bits per heavy atom. The van der Waals surface area contributed by atoms with Crippen LogP contribution in [0.4, 0.5) is 0 Å². The lowest BCUT2D eigenvalue weighted by atomic mass is 9.91. The quantitative estimate of drug-likeness (QED) is 0.796. The summed E-state index contributed by atoms with van der Waals surface area (Å²) >= 11 is 0. The van der Waals surface area contributed by atoms with E-state index in [1.165, 1.54) is 6.42 Å². The van der Waals surface area contributed by atoms with Gasteiger partial charge in [-0.3, -0.25) is 9.69 Å². The summed E-state index contributed by atoms with van der Waals surface area (Å²) in [5.41, 5.74) is 0.756. The molecular formula is C17H21NO3. The summed E-state index contributed by atoms with van der Waals surface area (Å²) in [7, 11) is 0. The van der Waals surface area contributed by atoms with Crippen LogP contribution in [0.1, 0.15) is 36.2 Å². The molecule has 1 saturated carbocycles. The molecule has 0 atom stereocenters. The van der Waals surface area contributed by atoms with Gasteiger partial charge in [0.15, 0.2) is 5.76 Å². The Balaban J connectivity index is 1.70. The zero-order chi connectivity index (χ0) is 14.7. The SMILES string of the molecule is O=C(CN(CCCO)C1CCC1)c1cc2ccccc2o1. The summed E-state index contributed by atoms with van der Waals surface area (Å²) in [6, 6.07) is 9.98. The predicted octanol–water partition coefficient (Wildman–Crippen LogP) is 2.85. The maximum atomic E-state index is 12.4. The number of benzene rings is 1. The fourth-order valence-corrected chi connectivity index (χ4v) is 2.80. The van der Waals surface area contributed by atoms with Crippen molar-refractivity contribution in [3.63, 3.8) is 0 Å². The molecule has 0 saturated heterocycles. The molecule has 1 heterocycles. The van der Waals surface area contributed by atoms with Gasteiger partial charge in [-0.1, -0.05) is 24.6 Å². The van der Waals surface area contributed by atoms with E-state index in [-0.39, 0.29) is 12.4 Å². The van der Waals surface area contributed by atoms with E-state index in [2.05, 4.69) is 4.90 Å². The highest BCUT2D eigenvalue weighted by molar-refractivity contribution is 5.98. The fourth-order valence-electron chi connectivity index (χ4n) is 2.80. The molecule has 0 amide bonds. The van der Waals surface area contributed by atoms with Crippen LogP contribution in [-0.4, -0.2) is 41.5 Å². The van der Waals surface area contributed by atoms with Gasteiger partial charge in [0, 0.05) is 24.6 Å². The van der Waals surface area contributed by atoms with Crippen molar-refractivity contribution in [1.29, 1.82) is 0 Å². The van der Waals surface area contributed by atoms with Crippen molar-refractivity contribution in [1.82, 2.24) is 4.90 Å². The number of hydrogen-bond donors (Lipinski definition) is 1. The second kappa shape index (κ2) is 6.41. The maximum Gasteiger partial charge on any atom is 0.211 e. The Hall–Kier alpha value is -1.65. The minimum Gasteiger partial charge on any atom is -0.453 e. The van der Waals surface area contributed by atoms with Gasteiger partial charge in [-0.15, -0.1) is 0 Å². The third kappa shape index (κ3) is 3.17. The van der Waals surface area contributed by atoms with Crippen LogP contribution in [0.2, 0.25) is 0 Å². The first kappa shape index (κ1) is 14.3. The van der Waals surface area contributed by atoms with Gasteiger partial charge >= 0.3 is 0 Å². The van der Waals surface area contributed by atoms with Gasteiger partial charge in [0.2, 0.25) is 5.78 Å². The number of ketones is 1. The molecule has 0 bridgehead atoms. The second-order valence-corrected chi connectivity index (χ2v) is 5.70. The summed E-state index contributed by atoms with van der Waals surface area (Å²) in [6.07, 6.45) is 4.25. The molecule has 0 radical (unpaired) electrons. The van der Waals surface area contributed by atoms with Crippen LogP contribution in [0.3, 0.4) is 0 Å². The van der Waals surface area contributed by atoms with Crippen LogP contribution in [-0.2, 0) is 0 Å². The average molecular weight is 287 g/mol. The minimum absolute atomic E-state index is 0.0241. The molecule has 4 nitrogen and oxygen atoms in total. The van der Waals surface area contributed by atoms with Crippen molar-refractivity contribution in [3.05, 3.63) is 36.1 Å². The number of nitrogens with zero attached hydrogens (tertiary/aromatic N) is 1. The number of Topliss-reactive ketones (excluding diaryl/α,β-unsaturated/α-hetero) is 1. The van der Waals surface area contributed by atoms with Crippen LogP contribution in [0.25, 0.3) is 11.0 Å². The Kier molecular flexibility index (Phi) is 4.36. The molecule has 1 aromatic carbocycles. The highest BCUT2D eigenvalue weighted by atomic mass is 16.3. The first-order valence-corrected chi connectivity index (χ1v) is 7.64. The normalized spacial score (nSPS) is 15.5. The molecule has 21 heavy (non-hydrogen) atoms. The molecule has 3 rings (SSSR count). The predicted molar refractivity (Wildman–Crippen MR) is 81.5 cm³/mol. The zero-order valence-corrected chi connectivity index (χ0v) is 12.1. The molecule has 1 aromatic heterocycles. The van der Waals surface area contributed by atoms with Crippen molar-refractivity contribution in [3.8, 4) is 0 Å². The lowest BCUT2D eigenvalue weighted by Gasteiger charge is -2.36. The average Bonchev–Trinajstić information content (AvgIpc) is 2.86. The van der Waals surface area contributed by atoms with Gasteiger partial charge in [0.25, 0.3) is 0 Å². The summed E-state index contributed by atoms with van der Waals surface area (Å²) in [5, 5.41) is 9.97. The fraction of sp³-hybridized carbons (Fsp3) is 0.471. The van der Waals surface area contributed by atoms with Crippen LogP contribution in [0.15, 0.2) is 34.7 Å². The molecule has 0 aliphatic heterocycles. The first-order valence-electron chi connectivity index (χ1n) is 7.64. The highest BCUT2D eigenvalue weighted by Crippen LogP contribution is 2.26. The Labute approximate surface area is 124 Å². The number of hydrogen-bond acceptors (Lipinski definition) is 4. The van der Waals surface area contributed by atoms with E-state index in [9.17, 15) is 4.79 Å². The largest absolute Gasteiger partial charge is 0.453 e. The monoisotopic (exact) mass is 287 g/mol. The van der Waals surface area contributed by atoms with Crippen molar-refractivity contribution in [2.75, 3.05) is 19.7 Å². The Bertz CT molecular complexity index is 582. The topological polar surface area (TPSA) is 53.7 Å². The summed E-state index contributed by atoms with van der Waals surface area (Å²) in [4.78, 5) is 14.6. The zero-order valence-electron chi connectivity index (χ0n) is 12.1. The smallest absolute Gasteiger partial charge is 0.211 e. The van der Waals surface area contributed by atoms with Gasteiger partial charge in [-0.25, -0.2) is 0 Å². The number of aliphatic hydroxyl groups is 1. The number of furan rings is 1. The Morgan fingerprint density at radius 2 is 2.14 bits per heavy atom. The number of aliphatic hydroxyl groups excluding tert-OH is 1. The van der Waals surface area contributed by atoms with E-state index >= 15 is 0 Å². The second-order valence-electron chi connectivity index (χ2n) is 5.70. The number of carbonyl (C=O) groups excluding carboxylic acids is 1. The number of rotatable bonds is 7. The Morgan fingerprint density at radius 3 is 2.81 bits per heavy atom. The summed E-state index contributed by atoms with van der Waals surface area (Å²) < 4.78 is 5.64. The molecule has 1 N–H and O–H groups in total. The molecule has 4 heteroatoms. The number of carbonyl (C=O) groups is 1. The number of para-hydroxylation sites is 1. The van der Waals surface area contributed by atoms with Gasteiger partial charge < -0.3 is 9.52 Å². The molecule has 1 aliphatic carbocycles. The van der Waals surface area contributed by atoms with E-state index in [4.69, 9.17) is 9.52 Å². The third-order valence-electron chi connectivity index (χ3n) is 4.24. The van der Waals surface area contributed by atoms with Gasteiger partial charge in [0.1, 0.15) is 5.58 Å². The summed E-state index contributed by atoms with van der Waals surface area (Å²) in [5.74, 6) is 0.459. The van der Waals surface area contributed by atoms with Crippen LogP contribution in [0.5, 0.6) is 0 Å². The van der Waals surface area contributed by atoms with Crippen molar-refractivity contribution < 1.29 is 14.3 Å². The summed E-state index contributed by atoms with van der Waals surface area (Å²) in [6.45, 7) is 1.32. The van der Waals surface area contributed by atoms with Crippen LogP contribution in [0, 0.1) is 0 Å². The lowest BCUT2D eigenvalue weighted by Crippen LogP contribution is -2.43. The molecule has 0 unspecified atom stereocenters. The van der Waals surface area contributed by atoms with Gasteiger partial charge in [-0.2, -0.15) is 0 Å². The van der Waals surface area contributed by atoms with E-state index in [0.29, 0.717) is 24.8 Å². The van der Waals surface area contributed by atoms with Crippen LogP contribution < -0.4 is 0 Å². The molecule has 2 aromatic rings. The van der Waals surface area contributed by atoms with Crippen molar-refractivity contribution >= 4 is 16.8 Å². The lowest BCUT2D eigenvalue weighted by molar-refractivity contribution is 0.0766. The van der Waals surface area contributed by atoms with Gasteiger partial charge in [-0.05, 0) is 31.4 Å². The minimum atomic E-state index is 0.0241. The van der Waals surface area contributed by atoms with E-state index in [0.717, 1.165) is 30.4 Å². The van der Waals surface area contributed by atoms with E-state index in [1.54, 1.807) is 0 Å². The highest BCUT2D eigenvalue weighted by Gasteiger charge is 2.27. The van der Waals surface area contributed by atoms with Crippen LogP contribution >= 0.6 is 0 Å². The molecular weight excluding hydrogens is 266 g/mol. The van der Waals surface area contributed by atoms with Crippen molar-refractivity contribution in [2.24, 2.45) is 0 Å². The number of fused-ring (bicyclic) bond motifs is 1. The maximum absolute atomic E-state index is 12.4.